The molecular formula is C62H119NO5. The quantitative estimate of drug-likeness (QED) is 0.0321. The average molecular weight is 959 g/mol. The number of nitrogens with one attached hydrogen (secondary N) is 1. The number of aliphatic hydroxyl groups excluding tert-OH is 2. The first-order valence-electron chi connectivity index (χ1n) is 30.6. The van der Waals surface area contributed by atoms with Crippen LogP contribution in [0.3, 0.4) is 0 Å². The highest BCUT2D eigenvalue weighted by molar-refractivity contribution is 5.76. The third kappa shape index (κ3) is 53.7. The molecule has 0 saturated heterocycles. The number of unbranched alkanes of at least 4 members (excludes halogenated alkanes) is 44. The molecule has 0 spiro atoms. The van der Waals surface area contributed by atoms with Crippen molar-refractivity contribution in [1.82, 2.24) is 5.32 Å². The smallest absolute Gasteiger partial charge is 0.305 e. The van der Waals surface area contributed by atoms with Gasteiger partial charge >= 0.3 is 5.97 Å². The van der Waals surface area contributed by atoms with Crippen molar-refractivity contribution < 1.29 is 24.5 Å². The van der Waals surface area contributed by atoms with Crippen molar-refractivity contribution in [2.45, 2.75) is 347 Å². The van der Waals surface area contributed by atoms with Gasteiger partial charge in [-0.25, -0.2) is 0 Å². The number of amides is 1. The van der Waals surface area contributed by atoms with Crippen LogP contribution in [0.2, 0.25) is 0 Å². The van der Waals surface area contributed by atoms with E-state index in [1.807, 2.05) is 6.08 Å². The molecule has 0 fully saturated rings. The van der Waals surface area contributed by atoms with Gasteiger partial charge in [0.1, 0.15) is 0 Å². The summed E-state index contributed by atoms with van der Waals surface area (Å²) >= 11 is 0. The lowest BCUT2D eigenvalue weighted by Gasteiger charge is -2.20. The van der Waals surface area contributed by atoms with Crippen LogP contribution in [-0.4, -0.2) is 47.4 Å². The minimum absolute atomic E-state index is 0.00915. The van der Waals surface area contributed by atoms with Crippen LogP contribution in [0.5, 0.6) is 0 Å². The fourth-order valence-corrected chi connectivity index (χ4v) is 9.51. The number of allylic oxidation sites excluding steroid dienone is 3. The van der Waals surface area contributed by atoms with E-state index >= 15 is 0 Å². The predicted molar refractivity (Wildman–Crippen MR) is 296 cm³/mol. The number of esters is 1. The molecule has 3 N–H and O–H groups in total. The van der Waals surface area contributed by atoms with Gasteiger partial charge in [-0.05, 0) is 57.8 Å². The van der Waals surface area contributed by atoms with Gasteiger partial charge in [0.05, 0.1) is 25.4 Å². The number of hydrogen-bond donors (Lipinski definition) is 3. The maximum Gasteiger partial charge on any atom is 0.305 e. The molecule has 0 radical (unpaired) electrons. The summed E-state index contributed by atoms with van der Waals surface area (Å²) in [6, 6.07) is -0.623. The minimum Gasteiger partial charge on any atom is -0.466 e. The molecule has 0 aromatic carbocycles. The molecule has 0 aliphatic rings. The summed E-state index contributed by atoms with van der Waals surface area (Å²) < 4.78 is 5.48. The maximum atomic E-state index is 12.4. The van der Waals surface area contributed by atoms with Crippen LogP contribution in [0.15, 0.2) is 24.3 Å². The highest BCUT2D eigenvalue weighted by Crippen LogP contribution is 2.18. The van der Waals surface area contributed by atoms with Crippen LogP contribution in [0.1, 0.15) is 335 Å². The number of carbonyl (C=O) groups excluding carboxylic acids is 2. The standard InChI is InChI=1S/C62H119NO5/c1-3-5-7-9-11-13-15-16-33-36-40-44-48-52-56-62(67)68-57-53-49-45-41-37-34-31-29-27-25-23-21-19-17-18-20-22-24-26-28-30-32-35-39-43-47-51-55-61(66)63-59(58-64)60(65)54-50-46-42-38-14-12-10-8-6-4-2/h15-16,50,54,59-60,64-65H,3-14,17-49,51-53,55-58H2,1-2H3,(H,63,66)/b16-15-,54-50+. The number of ether oxygens (including phenoxy) is 1. The SMILES string of the molecule is CCCCCCC/C=C\CCCCCCCC(=O)OCCCCCCCCCCCCCCCCCCCCCCCCCCCCCC(=O)NC(CO)C(O)/C=C/CCCCCCCCCC. The topological polar surface area (TPSA) is 95.9 Å². The van der Waals surface area contributed by atoms with Crippen LogP contribution in [0.25, 0.3) is 0 Å². The monoisotopic (exact) mass is 958 g/mol. The third-order valence-electron chi connectivity index (χ3n) is 14.2. The second-order valence-electron chi connectivity index (χ2n) is 21.0. The van der Waals surface area contributed by atoms with Crippen LogP contribution in [0, 0.1) is 0 Å². The van der Waals surface area contributed by atoms with Crippen LogP contribution in [0.4, 0.5) is 0 Å². The lowest BCUT2D eigenvalue weighted by molar-refractivity contribution is -0.143. The van der Waals surface area contributed by atoms with E-state index < -0.39 is 12.1 Å². The largest absolute Gasteiger partial charge is 0.466 e. The molecule has 6 heteroatoms. The minimum atomic E-state index is -0.840. The van der Waals surface area contributed by atoms with Gasteiger partial charge in [-0.15, -0.1) is 0 Å². The van der Waals surface area contributed by atoms with Gasteiger partial charge in [0, 0.05) is 12.8 Å². The van der Waals surface area contributed by atoms with Gasteiger partial charge in [0.15, 0.2) is 0 Å². The third-order valence-corrected chi connectivity index (χ3v) is 14.2. The summed E-state index contributed by atoms with van der Waals surface area (Å²) in [5.74, 6) is -0.0572. The number of rotatable bonds is 57. The van der Waals surface area contributed by atoms with Crippen molar-refractivity contribution in [3.63, 3.8) is 0 Å². The van der Waals surface area contributed by atoms with Gasteiger partial charge in [-0.1, -0.05) is 289 Å². The van der Waals surface area contributed by atoms with Gasteiger partial charge in [0.25, 0.3) is 0 Å². The highest BCUT2D eigenvalue weighted by Gasteiger charge is 2.18. The van der Waals surface area contributed by atoms with Crippen molar-refractivity contribution in [3.8, 4) is 0 Å². The summed E-state index contributed by atoms with van der Waals surface area (Å²) in [5.41, 5.74) is 0. The fraction of sp³-hybridized carbons (Fsp3) is 0.903. The molecule has 68 heavy (non-hydrogen) atoms. The van der Waals surface area contributed by atoms with E-state index in [-0.39, 0.29) is 18.5 Å². The van der Waals surface area contributed by atoms with Crippen LogP contribution < -0.4 is 5.32 Å². The Morgan fingerprint density at radius 1 is 0.397 bits per heavy atom. The molecule has 0 heterocycles. The van der Waals surface area contributed by atoms with E-state index in [2.05, 4.69) is 31.3 Å². The Balaban J connectivity index is 3.33. The molecule has 2 unspecified atom stereocenters. The Morgan fingerprint density at radius 2 is 0.691 bits per heavy atom. The predicted octanol–water partition coefficient (Wildman–Crippen LogP) is 19.0. The van der Waals surface area contributed by atoms with E-state index in [1.165, 1.54) is 263 Å². The molecule has 402 valence electrons. The van der Waals surface area contributed by atoms with Crippen molar-refractivity contribution in [1.29, 1.82) is 0 Å². The zero-order valence-electron chi connectivity index (χ0n) is 45.9. The van der Waals surface area contributed by atoms with E-state index in [1.54, 1.807) is 6.08 Å². The Kier molecular flexibility index (Phi) is 56.5. The second kappa shape index (κ2) is 57.9. The van der Waals surface area contributed by atoms with Crippen molar-refractivity contribution in [3.05, 3.63) is 24.3 Å². The molecule has 0 rings (SSSR count). The zero-order chi connectivity index (χ0) is 49.3. The Labute approximate surface area is 424 Å². The normalized spacial score (nSPS) is 12.7. The summed E-state index contributed by atoms with van der Waals surface area (Å²) in [7, 11) is 0. The number of aliphatic hydroxyl groups is 2. The Hall–Kier alpha value is -1.66. The zero-order valence-corrected chi connectivity index (χ0v) is 45.9. The van der Waals surface area contributed by atoms with Gasteiger partial charge in [-0.3, -0.25) is 9.59 Å². The molecular weight excluding hydrogens is 839 g/mol. The first-order valence-corrected chi connectivity index (χ1v) is 30.6. The molecule has 6 nitrogen and oxygen atoms in total. The van der Waals surface area contributed by atoms with Crippen LogP contribution >= 0.6 is 0 Å². The van der Waals surface area contributed by atoms with E-state index in [9.17, 15) is 19.8 Å². The lowest BCUT2D eigenvalue weighted by atomic mass is 10.0. The van der Waals surface area contributed by atoms with E-state index in [4.69, 9.17) is 4.74 Å². The lowest BCUT2D eigenvalue weighted by Crippen LogP contribution is -2.45. The number of hydrogen-bond acceptors (Lipinski definition) is 5. The Bertz CT molecular complexity index is 1060. The van der Waals surface area contributed by atoms with E-state index in [0.717, 1.165) is 44.9 Å². The molecule has 0 bridgehead atoms. The van der Waals surface area contributed by atoms with Gasteiger partial charge < -0.3 is 20.3 Å². The number of carbonyl (C=O) groups is 2. The van der Waals surface area contributed by atoms with Gasteiger partial charge in [0.2, 0.25) is 5.91 Å². The molecule has 0 aromatic heterocycles. The molecule has 2 atom stereocenters. The first kappa shape index (κ1) is 66.3. The molecule has 0 aliphatic heterocycles. The molecule has 0 aliphatic carbocycles. The molecule has 0 aromatic rings. The van der Waals surface area contributed by atoms with Crippen LogP contribution in [-0.2, 0) is 14.3 Å². The van der Waals surface area contributed by atoms with Crippen molar-refractivity contribution in [2.24, 2.45) is 0 Å². The second-order valence-corrected chi connectivity index (χ2v) is 21.0. The highest BCUT2D eigenvalue weighted by atomic mass is 16.5. The van der Waals surface area contributed by atoms with Crippen molar-refractivity contribution in [2.75, 3.05) is 13.2 Å². The Morgan fingerprint density at radius 3 is 1.04 bits per heavy atom. The summed E-state index contributed by atoms with van der Waals surface area (Å²) in [5, 5.41) is 23.0. The maximum absolute atomic E-state index is 12.4. The fourth-order valence-electron chi connectivity index (χ4n) is 9.51. The first-order chi connectivity index (χ1) is 33.5. The van der Waals surface area contributed by atoms with Crippen molar-refractivity contribution >= 4 is 11.9 Å². The summed E-state index contributed by atoms with van der Waals surface area (Å²) in [4.78, 5) is 24.4. The van der Waals surface area contributed by atoms with Gasteiger partial charge in [-0.2, -0.15) is 0 Å². The van der Waals surface area contributed by atoms with E-state index in [0.29, 0.717) is 19.4 Å². The molecule has 0 saturated carbocycles. The summed E-state index contributed by atoms with van der Waals surface area (Å²) in [6.45, 7) is 4.89. The average Bonchev–Trinajstić information content (AvgIpc) is 3.34. The molecule has 1 amide bonds. The summed E-state index contributed by atoms with van der Waals surface area (Å²) in [6.07, 6.45) is 70.9.